The minimum atomic E-state index is 0.773. The van der Waals surface area contributed by atoms with Crippen molar-refractivity contribution in [3.63, 3.8) is 0 Å². The molecule has 0 saturated carbocycles. The van der Waals surface area contributed by atoms with E-state index in [4.69, 9.17) is 0 Å². The van der Waals surface area contributed by atoms with Gasteiger partial charge in [0, 0.05) is 46.0 Å². The lowest BCUT2D eigenvalue weighted by Crippen LogP contribution is -2.46. The molecule has 1 atom stereocenters. The van der Waals surface area contributed by atoms with E-state index in [0.717, 1.165) is 44.5 Å². The molecule has 0 spiro atoms. The number of aliphatic imine (C=N–C) groups is 1. The summed E-state index contributed by atoms with van der Waals surface area (Å²) in [5.41, 5.74) is 1.29. The van der Waals surface area contributed by atoms with E-state index in [1.807, 2.05) is 25.0 Å². The van der Waals surface area contributed by atoms with Crippen LogP contribution in [0.1, 0.15) is 44.6 Å². The van der Waals surface area contributed by atoms with Crippen molar-refractivity contribution >= 4 is 5.96 Å². The van der Waals surface area contributed by atoms with Crippen molar-refractivity contribution in [1.82, 2.24) is 25.3 Å². The van der Waals surface area contributed by atoms with Gasteiger partial charge in [0.05, 0.1) is 6.20 Å². The molecule has 136 valence electrons. The van der Waals surface area contributed by atoms with Gasteiger partial charge in [0.15, 0.2) is 5.96 Å². The Kier molecular flexibility index (Phi) is 8.08. The summed E-state index contributed by atoms with van der Waals surface area (Å²) in [5, 5.41) is 11.0. The summed E-state index contributed by atoms with van der Waals surface area (Å²) < 4.78 is 1.85. The zero-order valence-electron chi connectivity index (χ0n) is 15.6. The molecule has 1 aliphatic rings. The normalized spacial score (nSPS) is 19.5. The molecule has 1 unspecified atom stereocenters. The van der Waals surface area contributed by atoms with Crippen LogP contribution in [0, 0.1) is 0 Å². The Hall–Kier alpha value is -1.56. The molecule has 1 aromatic rings. The van der Waals surface area contributed by atoms with E-state index >= 15 is 0 Å². The summed E-state index contributed by atoms with van der Waals surface area (Å²) in [7, 11) is 3.80. The highest BCUT2D eigenvalue weighted by Crippen LogP contribution is 2.18. The van der Waals surface area contributed by atoms with Gasteiger partial charge in [-0.2, -0.15) is 5.10 Å². The topological polar surface area (TPSA) is 57.5 Å². The lowest BCUT2D eigenvalue weighted by Gasteiger charge is -2.35. The van der Waals surface area contributed by atoms with Gasteiger partial charge < -0.3 is 10.6 Å². The fourth-order valence-corrected chi connectivity index (χ4v) is 3.46. The van der Waals surface area contributed by atoms with E-state index in [1.165, 1.54) is 37.8 Å². The van der Waals surface area contributed by atoms with Crippen LogP contribution in [0.2, 0.25) is 0 Å². The Morgan fingerprint density at radius 1 is 1.33 bits per heavy atom. The number of piperidine rings is 1. The smallest absolute Gasteiger partial charge is 0.191 e. The van der Waals surface area contributed by atoms with Gasteiger partial charge >= 0.3 is 0 Å². The van der Waals surface area contributed by atoms with E-state index in [2.05, 4.69) is 38.7 Å². The first-order valence-electron chi connectivity index (χ1n) is 9.39. The molecule has 2 N–H and O–H groups in total. The predicted octanol–water partition coefficient (Wildman–Crippen LogP) is 1.78. The lowest BCUT2D eigenvalue weighted by molar-refractivity contribution is 0.147. The predicted molar refractivity (Wildman–Crippen MR) is 100 cm³/mol. The number of nitrogens with zero attached hydrogens (tertiary/aromatic N) is 4. The van der Waals surface area contributed by atoms with Crippen molar-refractivity contribution in [3.8, 4) is 0 Å². The van der Waals surface area contributed by atoms with E-state index < -0.39 is 0 Å². The fraction of sp³-hybridized carbons (Fsp3) is 0.778. The van der Waals surface area contributed by atoms with Gasteiger partial charge in [-0.05, 0) is 44.2 Å². The van der Waals surface area contributed by atoms with Crippen LogP contribution in [0.3, 0.4) is 0 Å². The Bertz CT molecular complexity index is 495. The number of hydrogen-bond donors (Lipinski definition) is 2. The van der Waals surface area contributed by atoms with Gasteiger partial charge in [-0.25, -0.2) is 0 Å². The van der Waals surface area contributed by atoms with Crippen molar-refractivity contribution in [2.75, 3.05) is 33.2 Å². The van der Waals surface area contributed by atoms with Crippen LogP contribution in [0.4, 0.5) is 0 Å². The highest BCUT2D eigenvalue weighted by molar-refractivity contribution is 5.79. The Morgan fingerprint density at radius 2 is 2.17 bits per heavy atom. The molecule has 6 nitrogen and oxygen atoms in total. The number of nitrogens with one attached hydrogen (secondary N) is 2. The van der Waals surface area contributed by atoms with Crippen molar-refractivity contribution < 1.29 is 0 Å². The minimum absolute atomic E-state index is 0.773. The maximum Gasteiger partial charge on any atom is 0.191 e. The zero-order valence-corrected chi connectivity index (χ0v) is 15.6. The molecule has 0 amide bonds. The summed E-state index contributed by atoms with van der Waals surface area (Å²) in [5.74, 6) is 0.909. The third kappa shape index (κ3) is 6.15. The Balaban J connectivity index is 1.60. The van der Waals surface area contributed by atoms with Crippen LogP contribution in [-0.2, 0) is 13.5 Å². The number of likely N-dealkylation sites (tertiary alicyclic amines) is 1. The molecule has 6 heteroatoms. The third-order valence-corrected chi connectivity index (χ3v) is 4.83. The monoisotopic (exact) mass is 334 g/mol. The van der Waals surface area contributed by atoms with Crippen LogP contribution < -0.4 is 10.6 Å². The molecule has 1 aliphatic heterocycles. The quantitative estimate of drug-likeness (QED) is 0.432. The second-order valence-electron chi connectivity index (χ2n) is 6.65. The molecule has 0 aliphatic carbocycles. The third-order valence-electron chi connectivity index (χ3n) is 4.83. The van der Waals surface area contributed by atoms with Crippen molar-refractivity contribution in [2.24, 2.45) is 12.0 Å². The van der Waals surface area contributed by atoms with Gasteiger partial charge in [0.25, 0.3) is 0 Å². The highest BCUT2D eigenvalue weighted by atomic mass is 15.2. The molecule has 1 aromatic heterocycles. The Labute approximate surface area is 146 Å². The summed E-state index contributed by atoms with van der Waals surface area (Å²) >= 11 is 0. The van der Waals surface area contributed by atoms with E-state index in [9.17, 15) is 0 Å². The molecule has 0 radical (unpaired) electrons. The molecule has 2 rings (SSSR count). The van der Waals surface area contributed by atoms with Crippen molar-refractivity contribution in [2.45, 2.75) is 51.5 Å². The van der Waals surface area contributed by atoms with Gasteiger partial charge in [-0.1, -0.05) is 13.3 Å². The van der Waals surface area contributed by atoms with Crippen molar-refractivity contribution in [1.29, 1.82) is 0 Å². The number of rotatable bonds is 8. The second kappa shape index (κ2) is 10.3. The summed E-state index contributed by atoms with van der Waals surface area (Å²) in [6.07, 6.45) is 11.5. The van der Waals surface area contributed by atoms with Crippen molar-refractivity contribution in [3.05, 3.63) is 18.0 Å². The molecule has 0 aromatic carbocycles. The van der Waals surface area contributed by atoms with Crippen LogP contribution in [0.25, 0.3) is 0 Å². The summed E-state index contributed by atoms with van der Waals surface area (Å²) in [4.78, 5) is 6.95. The second-order valence-corrected chi connectivity index (χ2v) is 6.65. The first-order chi connectivity index (χ1) is 11.7. The first-order valence-corrected chi connectivity index (χ1v) is 9.39. The van der Waals surface area contributed by atoms with Gasteiger partial charge in [0.2, 0.25) is 0 Å². The molecular weight excluding hydrogens is 300 g/mol. The molecule has 2 heterocycles. The van der Waals surface area contributed by atoms with E-state index in [0.29, 0.717) is 0 Å². The maximum atomic E-state index is 4.32. The van der Waals surface area contributed by atoms with Gasteiger partial charge in [0.1, 0.15) is 0 Å². The van der Waals surface area contributed by atoms with Crippen LogP contribution in [0.5, 0.6) is 0 Å². The standard InChI is InChI=1S/C18H34N6/c1-4-17-9-5-6-12-24(17)13-11-21-18(19-2)20-10-7-8-16-14-22-23(3)15-16/h14-15,17H,4-13H2,1-3H3,(H2,19,20,21). The van der Waals surface area contributed by atoms with Gasteiger partial charge in [-0.15, -0.1) is 0 Å². The molecule has 1 saturated heterocycles. The lowest BCUT2D eigenvalue weighted by atomic mass is 10.0. The van der Waals surface area contributed by atoms with E-state index in [1.54, 1.807) is 0 Å². The van der Waals surface area contributed by atoms with Crippen LogP contribution >= 0.6 is 0 Å². The highest BCUT2D eigenvalue weighted by Gasteiger charge is 2.19. The molecular formula is C18H34N6. The molecule has 24 heavy (non-hydrogen) atoms. The minimum Gasteiger partial charge on any atom is -0.356 e. The van der Waals surface area contributed by atoms with Gasteiger partial charge in [-0.3, -0.25) is 14.6 Å². The summed E-state index contributed by atoms with van der Waals surface area (Å²) in [6.45, 7) is 6.54. The van der Waals surface area contributed by atoms with Crippen LogP contribution in [0.15, 0.2) is 17.4 Å². The number of hydrogen-bond acceptors (Lipinski definition) is 3. The molecule has 0 bridgehead atoms. The molecule has 1 fully saturated rings. The number of guanidine groups is 1. The average molecular weight is 335 g/mol. The number of aromatic nitrogens is 2. The Morgan fingerprint density at radius 3 is 2.88 bits per heavy atom. The average Bonchev–Trinajstić information content (AvgIpc) is 3.02. The fourth-order valence-electron chi connectivity index (χ4n) is 3.46. The summed E-state index contributed by atoms with van der Waals surface area (Å²) in [6, 6.07) is 0.773. The maximum absolute atomic E-state index is 4.32. The van der Waals surface area contributed by atoms with E-state index in [-0.39, 0.29) is 0 Å². The zero-order chi connectivity index (χ0) is 17.2. The number of aryl methyl sites for hydroxylation is 2. The largest absolute Gasteiger partial charge is 0.356 e. The first kappa shape index (κ1) is 18.8. The SMILES string of the molecule is CCC1CCCCN1CCNC(=NC)NCCCc1cnn(C)c1. The van der Waals surface area contributed by atoms with Crippen LogP contribution in [-0.4, -0.2) is 59.9 Å².